The Balaban J connectivity index is 1.76. The summed E-state index contributed by atoms with van der Waals surface area (Å²) in [4.78, 5) is 2.36. The molecule has 2 aliphatic heterocycles. The van der Waals surface area contributed by atoms with Crippen molar-refractivity contribution in [3.63, 3.8) is 0 Å². The summed E-state index contributed by atoms with van der Waals surface area (Å²) in [5.41, 5.74) is 1.20. The Morgan fingerprint density at radius 1 is 1.32 bits per heavy atom. The van der Waals surface area contributed by atoms with E-state index < -0.39 is 0 Å². The summed E-state index contributed by atoms with van der Waals surface area (Å²) in [6.45, 7) is 5.22. The molecule has 1 unspecified atom stereocenters. The summed E-state index contributed by atoms with van der Waals surface area (Å²) in [7, 11) is 1.68. The van der Waals surface area contributed by atoms with Crippen LogP contribution in [0.2, 0.25) is 0 Å². The van der Waals surface area contributed by atoms with Crippen LogP contribution in [0.4, 0.5) is 5.69 Å². The van der Waals surface area contributed by atoms with E-state index in [9.17, 15) is 0 Å². The van der Waals surface area contributed by atoms with Gasteiger partial charge in [0.15, 0.2) is 17.6 Å². The molecule has 0 spiro atoms. The van der Waals surface area contributed by atoms with Crippen molar-refractivity contribution in [1.82, 2.24) is 5.32 Å². The molecule has 0 aromatic heterocycles. The topological polar surface area (TPSA) is 43.0 Å². The summed E-state index contributed by atoms with van der Waals surface area (Å²) >= 11 is 0. The molecule has 5 nitrogen and oxygen atoms in total. The van der Waals surface area contributed by atoms with E-state index in [1.165, 1.54) is 5.69 Å². The third-order valence-corrected chi connectivity index (χ3v) is 3.48. The van der Waals surface area contributed by atoms with E-state index in [1.54, 1.807) is 7.11 Å². The van der Waals surface area contributed by atoms with Crippen LogP contribution in [0, 0.1) is 0 Å². The fraction of sp³-hybridized carbons (Fsp3) is 0.571. The Bertz CT molecular complexity index is 433. The number of nitrogens with zero attached hydrogens (tertiary/aromatic N) is 1. The maximum Gasteiger partial charge on any atom is 0.163 e. The molecule has 19 heavy (non-hydrogen) atoms. The smallest absolute Gasteiger partial charge is 0.163 e. The average molecular weight is 264 g/mol. The molecule has 0 radical (unpaired) electrons. The zero-order valence-electron chi connectivity index (χ0n) is 11.2. The van der Waals surface area contributed by atoms with Gasteiger partial charge in [0.2, 0.25) is 0 Å². The van der Waals surface area contributed by atoms with E-state index in [2.05, 4.69) is 22.3 Å². The molecule has 3 rings (SSSR count). The number of fused-ring (bicyclic) bond motifs is 1. The second-order valence-corrected chi connectivity index (χ2v) is 4.87. The van der Waals surface area contributed by atoms with Gasteiger partial charge in [-0.3, -0.25) is 0 Å². The van der Waals surface area contributed by atoms with Crippen molar-refractivity contribution in [3.05, 3.63) is 18.2 Å². The molecule has 1 aromatic carbocycles. The quantitative estimate of drug-likeness (QED) is 0.878. The molecule has 1 atom stereocenters. The van der Waals surface area contributed by atoms with E-state index >= 15 is 0 Å². The van der Waals surface area contributed by atoms with E-state index in [0.29, 0.717) is 13.2 Å². The van der Waals surface area contributed by atoms with Crippen LogP contribution in [0.15, 0.2) is 18.2 Å². The fourth-order valence-electron chi connectivity index (χ4n) is 2.49. The molecule has 1 fully saturated rings. The van der Waals surface area contributed by atoms with E-state index in [4.69, 9.17) is 14.2 Å². The van der Waals surface area contributed by atoms with Gasteiger partial charge in [0.05, 0.1) is 6.61 Å². The van der Waals surface area contributed by atoms with Gasteiger partial charge in [-0.15, -0.1) is 0 Å². The molecule has 0 amide bonds. The van der Waals surface area contributed by atoms with Crippen molar-refractivity contribution in [2.45, 2.75) is 6.10 Å². The fourth-order valence-corrected chi connectivity index (χ4v) is 2.49. The number of piperazine rings is 1. The summed E-state index contributed by atoms with van der Waals surface area (Å²) in [5, 5.41) is 3.36. The van der Waals surface area contributed by atoms with Crippen molar-refractivity contribution in [1.29, 1.82) is 0 Å². The minimum absolute atomic E-state index is 0.0178. The highest BCUT2D eigenvalue weighted by Crippen LogP contribution is 2.35. The number of hydrogen-bond donors (Lipinski definition) is 1. The molecule has 1 N–H and O–H groups in total. The largest absolute Gasteiger partial charge is 0.486 e. The van der Waals surface area contributed by atoms with Gasteiger partial charge in [-0.25, -0.2) is 0 Å². The number of ether oxygens (including phenoxy) is 3. The first kappa shape index (κ1) is 12.6. The molecule has 0 aliphatic carbocycles. The van der Waals surface area contributed by atoms with Crippen molar-refractivity contribution in [2.75, 3.05) is 51.4 Å². The standard InChI is InChI=1S/C14H20N2O3/c1-17-9-12-10-18-13-3-2-11(8-14(13)19-12)16-6-4-15-5-7-16/h2-3,8,12,15H,4-7,9-10H2,1H3. The molecule has 1 aromatic rings. The van der Waals surface area contributed by atoms with Crippen molar-refractivity contribution in [3.8, 4) is 11.5 Å². The molecule has 0 bridgehead atoms. The Morgan fingerprint density at radius 3 is 2.95 bits per heavy atom. The maximum absolute atomic E-state index is 5.91. The number of anilines is 1. The van der Waals surface area contributed by atoms with Crippen LogP contribution in [-0.4, -0.2) is 52.6 Å². The molecule has 2 heterocycles. The minimum atomic E-state index is -0.0178. The Labute approximate surface area is 113 Å². The van der Waals surface area contributed by atoms with Crippen LogP contribution in [0.25, 0.3) is 0 Å². The molecule has 104 valence electrons. The number of methoxy groups -OCH3 is 1. The van der Waals surface area contributed by atoms with E-state index in [0.717, 1.165) is 37.7 Å². The van der Waals surface area contributed by atoms with Gasteiger partial charge in [0.25, 0.3) is 0 Å². The lowest BCUT2D eigenvalue weighted by Crippen LogP contribution is -2.43. The highest BCUT2D eigenvalue weighted by molar-refractivity contribution is 5.57. The lowest BCUT2D eigenvalue weighted by atomic mass is 10.2. The molecule has 2 aliphatic rings. The van der Waals surface area contributed by atoms with Crippen molar-refractivity contribution in [2.24, 2.45) is 0 Å². The van der Waals surface area contributed by atoms with E-state index in [-0.39, 0.29) is 6.10 Å². The van der Waals surface area contributed by atoms with Crippen LogP contribution in [-0.2, 0) is 4.74 Å². The molecule has 5 heteroatoms. The first-order valence-electron chi connectivity index (χ1n) is 6.75. The third-order valence-electron chi connectivity index (χ3n) is 3.48. The second kappa shape index (κ2) is 5.67. The second-order valence-electron chi connectivity index (χ2n) is 4.87. The zero-order valence-corrected chi connectivity index (χ0v) is 11.2. The van der Waals surface area contributed by atoms with Crippen molar-refractivity contribution >= 4 is 5.69 Å². The average Bonchev–Trinajstić information content (AvgIpc) is 2.48. The predicted molar refractivity (Wildman–Crippen MR) is 73.3 cm³/mol. The Kier molecular flexibility index (Phi) is 3.75. The molecule has 0 saturated carbocycles. The maximum atomic E-state index is 5.91. The number of rotatable bonds is 3. The van der Waals surface area contributed by atoms with Gasteiger partial charge in [-0.05, 0) is 12.1 Å². The lowest BCUT2D eigenvalue weighted by molar-refractivity contribution is 0.0272. The minimum Gasteiger partial charge on any atom is -0.486 e. The van der Waals surface area contributed by atoms with Crippen LogP contribution in [0.3, 0.4) is 0 Å². The van der Waals surface area contributed by atoms with Crippen LogP contribution in [0.1, 0.15) is 0 Å². The van der Waals surface area contributed by atoms with Gasteiger partial charge in [0, 0.05) is 45.0 Å². The van der Waals surface area contributed by atoms with Gasteiger partial charge >= 0.3 is 0 Å². The zero-order chi connectivity index (χ0) is 13.1. The highest BCUT2D eigenvalue weighted by atomic mass is 16.6. The van der Waals surface area contributed by atoms with Gasteiger partial charge in [-0.1, -0.05) is 0 Å². The van der Waals surface area contributed by atoms with Crippen LogP contribution < -0.4 is 19.7 Å². The summed E-state index contributed by atoms with van der Waals surface area (Å²) in [6.07, 6.45) is -0.0178. The van der Waals surface area contributed by atoms with Crippen LogP contribution >= 0.6 is 0 Å². The SMILES string of the molecule is COCC1COc2ccc(N3CCNCC3)cc2O1. The molecular weight excluding hydrogens is 244 g/mol. The van der Waals surface area contributed by atoms with Gasteiger partial charge in [0.1, 0.15) is 6.61 Å². The predicted octanol–water partition coefficient (Wildman–Crippen LogP) is 0.882. The first-order valence-corrected chi connectivity index (χ1v) is 6.75. The summed E-state index contributed by atoms with van der Waals surface area (Å²) < 4.78 is 16.7. The summed E-state index contributed by atoms with van der Waals surface area (Å²) in [6, 6.07) is 6.17. The normalized spacial score (nSPS) is 22.4. The number of benzene rings is 1. The Morgan fingerprint density at radius 2 is 2.16 bits per heavy atom. The third kappa shape index (κ3) is 2.77. The van der Waals surface area contributed by atoms with E-state index in [1.807, 2.05) is 6.07 Å². The van der Waals surface area contributed by atoms with Gasteiger partial charge in [-0.2, -0.15) is 0 Å². The van der Waals surface area contributed by atoms with Crippen molar-refractivity contribution < 1.29 is 14.2 Å². The Hall–Kier alpha value is -1.46. The highest BCUT2D eigenvalue weighted by Gasteiger charge is 2.22. The molecule has 1 saturated heterocycles. The monoisotopic (exact) mass is 264 g/mol. The molecular formula is C14H20N2O3. The van der Waals surface area contributed by atoms with Gasteiger partial charge < -0.3 is 24.4 Å². The number of hydrogen-bond acceptors (Lipinski definition) is 5. The first-order chi connectivity index (χ1) is 9.36. The summed E-state index contributed by atoms with van der Waals surface area (Å²) in [5.74, 6) is 1.65. The van der Waals surface area contributed by atoms with Crippen LogP contribution in [0.5, 0.6) is 11.5 Å². The number of nitrogens with one attached hydrogen (secondary N) is 1. The lowest BCUT2D eigenvalue weighted by Gasteiger charge is -2.31.